The lowest BCUT2D eigenvalue weighted by Gasteiger charge is -2.13. The molecule has 0 saturated carbocycles. The molecule has 152 valence electrons. The van der Waals surface area contributed by atoms with Gasteiger partial charge in [0.2, 0.25) is 0 Å². The van der Waals surface area contributed by atoms with Crippen LogP contribution < -0.4 is 20.3 Å². The molecule has 1 N–H and O–H groups in total. The highest BCUT2D eigenvalue weighted by Gasteiger charge is 2.14. The first-order chi connectivity index (χ1) is 14.5. The number of nitrogens with zero attached hydrogens (tertiary/aromatic N) is 2. The topological polar surface area (TPSA) is 95.1 Å². The summed E-state index contributed by atoms with van der Waals surface area (Å²) in [6.07, 6.45) is 0. The van der Waals surface area contributed by atoms with Crippen LogP contribution in [0, 0.1) is 6.92 Å². The highest BCUT2D eigenvalue weighted by Crippen LogP contribution is 2.26. The lowest BCUT2D eigenvalue weighted by atomic mass is 10.2. The van der Waals surface area contributed by atoms with E-state index in [4.69, 9.17) is 14.0 Å². The van der Waals surface area contributed by atoms with Gasteiger partial charge >= 0.3 is 0 Å². The van der Waals surface area contributed by atoms with E-state index in [2.05, 4.69) is 10.3 Å². The molecule has 1 amide bonds. The fourth-order valence-corrected chi connectivity index (χ4v) is 3.02. The maximum absolute atomic E-state index is 12.7. The second-order valence-corrected chi connectivity index (χ2v) is 6.52. The number of aromatic nitrogens is 2. The van der Waals surface area contributed by atoms with Crippen molar-refractivity contribution in [2.45, 2.75) is 13.5 Å². The van der Waals surface area contributed by atoms with E-state index >= 15 is 0 Å². The van der Waals surface area contributed by atoms with Gasteiger partial charge in [-0.2, -0.15) is 0 Å². The molecule has 2 aromatic carbocycles. The summed E-state index contributed by atoms with van der Waals surface area (Å²) in [5.74, 6) is 1.19. The van der Waals surface area contributed by atoms with Gasteiger partial charge in [-0.25, -0.2) is 4.98 Å². The Bertz CT molecular complexity index is 1280. The lowest BCUT2D eigenvalue weighted by molar-refractivity contribution is 0.102. The Balaban J connectivity index is 1.54. The van der Waals surface area contributed by atoms with Crippen LogP contribution in [-0.4, -0.2) is 22.6 Å². The molecular formula is C22H19N3O5. The van der Waals surface area contributed by atoms with Crippen molar-refractivity contribution < 1.29 is 18.8 Å². The van der Waals surface area contributed by atoms with Gasteiger partial charge in [-0.05, 0) is 31.2 Å². The molecule has 0 aliphatic heterocycles. The maximum Gasteiger partial charge on any atom is 0.287 e. The molecule has 0 bridgehead atoms. The number of methoxy groups -OCH3 is 1. The van der Waals surface area contributed by atoms with E-state index in [9.17, 15) is 9.59 Å². The average Bonchev–Trinajstić information content (AvgIpc) is 3.14. The van der Waals surface area contributed by atoms with E-state index in [0.717, 1.165) is 4.57 Å². The fraction of sp³-hybridized carbons (Fsp3) is 0.136. The van der Waals surface area contributed by atoms with Gasteiger partial charge in [0, 0.05) is 12.1 Å². The number of carbonyl (C=O) groups excluding carboxylic acids is 1. The van der Waals surface area contributed by atoms with Crippen molar-refractivity contribution in [2.75, 3.05) is 12.4 Å². The van der Waals surface area contributed by atoms with Crippen LogP contribution in [-0.2, 0) is 6.61 Å². The van der Waals surface area contributed by atoms with Gasteiger partial charge in [-0.3, -0.25) is 9.59 Å². The molecule has 0 radical (unpaired) electrons. The predicted octanol–water partition coefficient (Wildman–Crippen LogP) is 3.44. The molecule has 2 aromatic heterocycles. The Morgan fingerprint density at radius 2 is 1.83 bits per heavy atom. The summed E-state index contributed by atoms with van der Waals surface area (Å²) >= 11 is 0. The van der Waals surface area contributed by atoms with Crippen LogP contribution in [0.25, 0.3) is 5.65 Å². The predicted molar refractivity (Wildman–Crippen MR) is 110 cm³/mol. The number of amides is 1. The van der Waals surface area contributed by atoms with Gasteiger partial charge in [-0.15, -0.1) is 4.57 Å². The number of hydrogen-bond donors (Lipinski definition) is 1. The minimum atomic E-state index is -0.329. The average molecular weight is 405 g/mol. The molecule has 8 heteroatoms. The van der Waals surface area contributed by atoms with Gasteiger partial charge in [0.15, 0.2) is 5.65 Å². The van der Waals surface area contributed by atoms with E-state index in [-0.39, 0.29) is 18.1 Å². The second-order valence-electron chi connectivity index (χ2n) is 6.52. The van der Waals surface area contributed by atoms with Crippen LogP contribution in [0.3, 0.4) is 0 Å². The zero-order valence-corrected chi connectivity index (χ0v) is 16.4. The zero-order chi connectivity index (χ0) is 21.1. The normalized spacial score (nSPS) is 10.7. The van der Waals surface area contributed by atoms with E-state index in [0.29, 0.717) is 39.9 Å². The second kappa shape index (κ2) is 8.12. The maximum atomic E-state index is 12.7. The van der Waals surface area contributed by atoms with Gasteiger partial charge < -0.3 is 19.3 Å². The minimum absolute atomic E-state index is 0.0531. The molecule has 0 atom stereocenters. The summed E-state index contributed by atoms with van der Waals surface area (Å²) < 4.78 is 17.5. The van der Waals surface area contributed by atoms with Crippen LogP contribution in [0.5, 0.6) is 11.5 Å². The van der Waals surface area contributed by atoms with Crippen LogP contribution in [0.1, 0.15) is 21.8 Å². The first kappa shape index (κ1) is 19.3. The Morgan fingerprint density at radius 1 is 1.10 bits per heavy atom. The van der Waals surface area contributed by atoms with Crippen LogP contribution in [0.2, 0.25) is 0 Å². The van der Waals surface area contributed by atoms with Gasteiger partial charge in [0.25, 0.3) is 11.5 Å². The Labute approximate surface area is 171 Å². The summed E-state index contributed by atoms with van der Waals surface area (Å²) in [5.41, 5.74) is 1.43. The molecule has 30 heavy (non-hydrogen) atoms. The number of aryl methyl sites for hydroxylation is 1. The highest BCUT2D eigenvalue weighted by molar-refractivity contribution is 6.06. The van der Waals surface area contributed by atoms with E-state index in [1.54, 1.807) is 61.5 Å². The minimum Gasteiger partial charge on any atom is -0.496 e. The quantitative estimate of drug-likeness (QED) is 0.528. The number of rotatable bonds is 6. The number of carbonyl (C=O) groups is 1. The van der Waals surface area contributed by atoms with Crippen molar-refractivity contribution >= 4 is 17.2 Å². The van der Waals surface area contributed by atoms with Crippen molar-refractivity contribution in [2.24, 2.45) is 0 Å². The number of nitrogens with one attached hydrogen (secondary N) is 1. The van der Waals surface area contributed by atoms with Crippen LogP contribution in [0.4, 0.5) is 5.69 Å². The van der Waals surface area contributed by atoms with E-state index in [1.165, 1.54) is 13.2 Å². The number of benzene rings is 2. The molecule has 2 heterocycles. The molecule has 0 unspecified atom stereocenters. The lowest BCUT2D eigenvalue weighted by Crippen LogP contribution is -2.15. The largest absolute Gasteiger partial charge is 0.496 e. The Hall–Kier alpha value is -4.07. The molecule has 0 aliphatic carbocycles. The molecular weight excluding hydrogens is 386 g/mol. The number of anilines is 1. The summed E-state index contributed by atoms with van der Waals surface area (Å²) in [6, 6.07) is 17.0. The Morgan fingerprint density at radius 3 is 2.63 bits per heavy atom. The standard InChI is InChI=1S/C22H19N3O5/c1-14-11-20-23-15(12-21(26)25(20)30-14)13-29-19-10-6-4-8-17(19)24-22(27)16-7-3-5-9-18(16)28-2/h3-12H,13H2,1-2H3,(H,24,27). The summed E-state index contributed by atoms with van der Waals surface area (Å²) in [6.45, 7) is 1.79. The van der Waals surface area contributed by atoms with E-state index in [1.807, 2.05) is 0 Å². The van der Waals surface area contributed by atoms with Crippen molar-refractivity contribution in [3.8, 4) is 11.5 Å². The molecule has 4 aromatic rings. The van der Waals surface area contributed by atoms with Crippen molar-refractivity contribution in [3.63, 3.8) is 0 Å². The highest BCUT2D eigenvalue weighted by atomic mass is 16.5. The number of para-hydroxylation sites is 3. The van der Waals surface area contributed by atoms with Crippen molar-refractivity contribution in [1.29, 1.82) is 0 Å². The van der Waals surface area contributed by atoms with Crippen LogP contribution in [0.15, 0.2) is 70.0 Å². The molecule has 0 fully saturated rings. The third-order valence-corrected chi connectivity index (χ3v) is 4.39. The first-order valence-electron chi connectivity index (χ1n) is 9.21. The van der Waals surface area contributed by atoms with Gasteiger partial charge in [-0.1, -0.05) is 24.3 Å². The zero-order valence-electron chi connectivity index (χ0n) is 16.4. The van der Waals surface area contributed by atoms with Crippen LogP contribution >= 0.6 is 0 Å². The van der Waals surface area contributed by atoms with Crippen molar-refractivity contribution in [1.82, 2.24) is 9.56 Å². The molecule has 0 spiro atoms. The van der Waals surface area contributed by atoms with E-state index < -0.39 is 0 Å². The molecule has 0 aliphatic rings. The summed E-state index contributed by atoms with van der Waals surface area (Å²) in [5, 5.41) is 2.84. The SMILES string of the molecule is COc1ccccc1C(=O)Nc1ccccc1OCc1cc(=O)n2oc(C)cc2n1. The Kier molecular flexibility index (Phi) is 5.21. The molecule has 8 nitrogen and oxygen atoms in total. The number of fused-ring (bicyclic) bond motifs is 1. The van der Waals surface area contributed by atoms with Crippen molar-refractivity contribution in [3.05, 3.63) is 88.0 Å². The monoisotopic (exact) mass is 405 g/mol. The first-order valence-corrected chi connectivity index (χ1v) is 9.21. The number of hydrogen-bond acceptors (Lipinski definition) is 6. The van der Waals surface area contributed by atoms with Gasteiger partial charge in [0.05, 0.1) is 24.1 Å². The molecule has 4 rings (SSSR count). The fourth-order valence-electron chi connectivity index (χ4n) is 3.02. The summed E-state index contributed by atoms with van der Waals surface area (Å²) in [4.78, 5) is 29.2. The third kappa shape index (κ3) is 3.88. The molecule has 0 saturated heterocycles. The third-order valence-electron chi connectivity index (χ3n) is 4.39. The summed E-state index contributed by atoms with van der Waals surface area (Å²) in [7, 11) is 1.51. The smallest absolute Gasteiger partial charge is 0.287 e. The number of ether oxygens (including phenoxy) is 2. The van der Waals surface area contributed by atoms with Gasteiger partial charge in [0.1, 0.15) is 23.9 Å².